The van der Waals surface area contributed by atoms with E-state index in [-0.39, 0.29) is 5.91 Å². The number of fused-ring (bicyclic) bond motifs is 1. The van der Waals surface area contributed by atoms with Gasteiger partial charge in [0.1, 0.15) is 5.82 Å². The lowest BCUT2D eigenvalue weighted by Gasteiger charge is -2.27. The largest absolute Gasteiger partial charge is 0.336 e. The normalized spacial score (nSPS) is 19.6. The SMILES string of the molecule is Cc1nc2cc(C(=O)N3CCNCC3)ccc2n1C1CCCC1. The summed E-state index contributed by atoms with van der Waals surface area (Å²) in [5, 5.41) is 3.28. The minimum Gasteiger partial charge on any atom is -0.336 e. The highest BCUT2D eigenvalue weighted by molar-refractivity contribution is 5.97. The predicted molar refractivity (Wildman–Crippen MR) is 90.7 cm³/mol. The number of hydrogen-bond acceptors (Lipinski definition) is 3. The lowest BCUT2D eigenvalue weighted by Crippen LogP contribution is -2.46. The first-order valence-corrected chi connectivity index (χ1v) is 8.72. The van der Waals surface area contributed by atoms with Gasteiger partial charge in [0.05, 0.1) is 11.0 Å². The Bertz CT molecular complexity index is 724. The van der Waals surface area contributed by atoms with E-state index in [4.69, 9.17) is 4.98 Å². The number of hydrogen-bond donors (Lipinski definition) is 1. The molecule has 1 aliphatic heterocycles. The van der Waals surface area contributed by atoms with E-state index in [1.165, 1.54) is 31.2 Å². The molecule has 1 saturated carbocycles. The van der Waals surface area contributed by atoms with Crippen LogP contribution in [0.2, 0.25) is 0 Å². The van der Waals surface area contributed by atoms with Crippen LogP contribution in [-0.4, -0.2) is 46.5 Å². The van der Waals surface area contributed by atoms with Crippen molar-refractivity contribution < 1.29 is 4.79 Å². The van der Waals surface area contributed by atoms with Gasteiger partial charge in [-0.1, -0.05) is 12.8 Å². The highest BCUT2D eigenvalue weighted by atomic mass is 16.2. The Balaban J connectivity index is 1.67. The van der Waals surface area contributed by atoms with Crippen LogP contribution in [0.5, 0.6) is 0 Å². The molecule has 1 amide bonds. The minimum absolute atomic E-state index is 0.126. The van der Waals surface area contributed by atoms with Crippen LogP contribution in [0.15, 0.2) is 18.2 Å². The second-order valence-corrected chi connectivity index (χ2v) is 6.71. The first-order valence-electron chi connectivity index (χ1n) is 8.72. The van der Waals surface area contributed by atoms with Crippen molar-refractivity contribution in [3.05, 3.63) is 29.6 Å². The summed E-state index contributed by atoms with van der Waals surface area (Å²) in [5.74, 6) is 1.19. The lowest BCUT2D eigenvalue weighted by molar-refractivity contribution is 0.0736. The Morgan fingerprint density at radius 3 is 2.70 bits per heavy atom. The maximum Gasteiger partial charge on any atom is 0.254 e. The molecule has 23 heavy (non-hydrogen) atoms. The molecule has 4 rings (SSSR count). The first kappa shape index (κ1) is 14.7. The summed E-state index contributed by atoms with van der Waals surface area (Å²) >= 11 is 0. The zero-order valence-corrected chi connectivity index (χ0v) is 13.7. The summed E-state index contributed by atoms with van der Waals surface area (Å²) in [5.41, 5.74) is 2.89. The van der Waals surface area contributed by atoms with Gasteiger partial charge >= 0.3 is 0 Å². The summed E-state index contributed by atoms with van der Waals surface area (Å²) < 4.78 is 2.38. The van der Waals surface area contributed by atoms with E-state index >= 15 is 0 Å². The number of carbonyl (C=O) groups excluding carboxylic acids is 1. The average molecular weight is 312 g/mol. The molecule has 2 aromatic rings. The number of aromatic nitrogens is 2. The quantitative estimate of drug-likeness (QED) is 0.927. The van der Waals surface area contributed by atoms with Crippen molar-refractivity contribution in [2.75, 3.05) is 26.2 Å². The smallest absolute Gasteiger partial charge is 0.254 e. The Morgan fingerprint density at radius 1 is 1.22 bits per heavy atom. The highest BCUT2D eigenvalue weighted by Gasteiger charge is 2.23. The third-order valence-corrected chi connectivity index (χ3v) is 5.21. The maximum atomic E-state index is 12.7. The zero-order chi connectivity index (χ0) is 15.8. The number of amides is 1. The molecule has 1 aromatic heterocycles. The number of rotatable bonds is 2. The average Bonchev–Trinajstić information content (AvgIpc) is 3.20. The molecule has 2 heterocycles. The van der Waals surface area contributed by atoms with Crippen molar-refractivity contribution >= 4 is 16.9 Å². The van der Waals surface area contributed by atoms with E-state index in [0.717, 1.165) is 43.1 Å². The Hall–Kier alpha value is -1.88. The van der Waals surface area contributed by atoms with Gasteiger partial charge in [0.15, 0.2) is 0 Å². The molecule has 2 fully saturated rings. The van der Waals surface area contributed by atoms with Gasteiger partial charge in [0, 0.05) is 37.8 Å². The summed E-state index contributed by atoms with van der Waals surface area (Å²) in [6.07, 6.45) is 5.11. The van der Waals surface area contributed by atoms with Gasteiger partial charge in [-0.3, -0.25) is 4.79 Å². The van der Waals surface area contributed by atoms with Crippen molar-refractivity contribution in [3.8, 4) is 0 Å². The molecule has 2 aliphatic rings. The molecule has 0 radical (unpaired) electrons. The van der Waals surface area contributed by atoms with Crippen molar-refractivity contribution in [1.29, 1.82) is 0 Å². The number of carbonyl (C=O) groups is 1. The van der Waals surface area contributed by atoms with Crippen LogP contribution in [0.4, 0.5) is 0 Å². The molecule has 5 nitrogen and oxygen atoms in total. The first-order chi connectivity index (χ1) is 11.2. The van der Waals surface area contributed by atoms with E-state index in [0.29, 0.717) is 6.04 Å². The predicted octanol–water partition coefficient (Wildman–Crippen LogP) is 2.51. The van der Waals surface area contributed by atoms with Crippen molar-refractivity contribution in [2.45, 2.75) is 38.6 Å². The zero-order valence-electron chi connectivity index (χ0n) is 13.7. The highest BCUT2D eigenvalue weighted by Crippen LogP contribution is 2.33. The monoisotopic (exact) mass is 312 g/mol. The summed E-state index contributed by atoms with van der Waals surface area (Å²) in [4.78, 5) is 19.3. The van der Waals surface area contributed by atoms with Crippen LogP contribution in [0.3, 0.4) is 0 Å². The maximum absolute atomic E-state index is 12.7. The molecule has 0 atom stereocenters. The van der Waals surface area contributed by atoms with E-state index in [2.05, 4.69) is 22.9 Å². The fourth-order valence-corrected chi connectivity index (χ4v) is 4.03. The van der Waals surface area contributed by atoms with Crippen LogP contribution in [0.1, 0.15) is 47.9 Å². The topological polar surface area (TPSA) is 50.2 Å². The van der Waals surface area contributed by atoms with E-state index in [1.54, 1.807) is 0 Å². The summed E-state index contributed by atoms with van der Waals surface area (Å²) in [7, 11) is 0. The van der Waals surface area contributed by atoms with Gasteiger partial charge in [-0.2, -0.15) is 0 Å². The van der Waals surface area contributed by atoms with Gasteiger partial charge < -0.3 is 14.8 Å². The van der Waals surface area contributed by atoms with E-state index in [9.17, 15) is 4.79 Å². The number of aryl methyl sites for hydroxylation is 1. The standard InChI is InChI=1S/C18H24N4O/c1-13-20-16-12-14(18(23)21-10-8-19-9-11-21)6-7-17(16)22(13)15-4-2-3-5-15/h6-7,12,15,19H,2-5,8-11H2,1H3. The number of imidazole rings is 1. The molecular weight excluding hydrogens is 288 g/mol. The third kappa shape index (κ3) is 2.63. The summed E-state index contributed by atoms with van der Waals surface area (Å²) in [6, 6.07) is 6.61. The van der Waals surface area contributed by atoms with Crippen LogP contribution in [-0.2, 0) is 0 Å². The Kier molecular flexibility index (Phi) is 3.81. The molecule has 0 spiro atoms. The Morgan fingerprint density at radius 2 is 1.96 bits per heavy atom. The Labute approximate surface area is 136 Å². The second-order valence-electron chi connectivity index (χ2n) is 6.71. The molecule has 122 valence electrons. The van der Waals surface area contributed by atoms with E-state index in [1.807, 2.05) is 17.0 Å². The summed E-state index contributed by atoms with van der Waals surface area (Å²) in [6.45, 7) is 5.40. The molecule has 1 saturated heterocycles. The molecule has 5 heteroatoms. The number of nitrogens with zero attached hydrogens (tertiary/aromatic N) is 3. The van der Waals surface area contributed by atoms with Gasteiger partial charge in [0.2, 0.25) is 0 Å². The van der Waals surface area contributed by atoms with Gasteiger partial charge in [-0.25, -0.2) is 4.98 Å². The molecule has 1 aliphatic carbocycles. The van der Waals surface area contributed by atoms with Crippen LogP contribution >= 0.6 is 0 Å². The molecule has 1 N–H and O–H groups in total. The van der Waals surface area contributed by atoms with Crippen molar-refractivity contribution in [3.63, 3.8) is 0 Å². The fourth-order valence-electron chi connectivity index (χ4n) is 4.03. The molecule has 0 unspecified atom stereocenters. The van der Waals surface area contributed by atoms with E-state index < -0.39 is 0 Å². The van der Waals surface area contributed by atoms with Gasteiger partial charge in [-0.05, 0) is 38.0 Å². The lowest BCUT2D eigenvalue weighted by atomic mass is 10.1. The molecule has 1 aromatic carbocycles. The molecular formula is C18H24N4O. The van der Waals surface area contributed by atoms with Gasteiger partial charge in [-0.15, -0.1) is 0 Å². The molecule has 0 bridgehead atoms. The van der Waals surface area contributed by atoms with Crippen LogP contribution in [0.25, 0.3) is 11.0 Å². The minimum atomic E-state index is 0.126. The van der Waals surface area contributed by atoms with Crippen molar-refractivity contribution in [1.82, 2.24) is 19.8 Å². The second kappa shape index (κ2) is 5.96. The van der Waals surface area contributed by atoms with Crippen LogP contribution in [0, 0.1) is 6.92 Å². The van der Waals surface area contributed by atoms with Crippen LogP contribution < -0.4 is 5.32 Å². The number of piperazine rings is 1. The van der Waals surface area contributed by atoms with Gasteiger partial charge in [0.25, 0.3) is 5.91 Å². The third-order valence-electron chi connectivity index (χ3n) is 5.21. The van der Waals surface area contributed by atoms with Crippen molar-refractivity contribution in [2.24, 2.45) is 0 Å². The fraction of sp³-hybridized carbons (Fsp3) is 0.556. The number of nitrogens with one attached hydrogen (secondary N) is 1. The number of benzene rings is 1.